The maximum Gasteiger partial charge on any atom is 0.131 e. The second kappa shape index (κ2) is 4.41. The summed E-state index contributed by atoms with van der Waals surface area (Å²) < 4.78 is 5.71. The lowest BCUT2D eigenvalue weighted by Crippen LogP contribution is -1.84. The second-order valence-electron chi connectivity index (χ2n) is 4.08. The second-order valence-corrected chi connectivity index (χ2v) is 4.08. The number of aromatic hydroxyl groups is 1. The molecule has 2 nitrogen and oxygen atoms in total. The van der Waals surface area contributed by atoms with E-state index < -0.39 is 0 Å². The first-order chi connectivity index (χ1) is 8.83. The molecule has 0 heterocycles. The van der Waals surface area contributed by atoms with Crippen LogP contribution in [-0.4, -0.2) is 5.11 Å². The quantitative estimate of drug-likeness (QED) is 0.717. The smallest absolute Gasteiger partial charge is 0.131 e. The molecule has 1 N–H and O–H groups in total. The van der Waals surface area contributed by atoms with Crippen LogP contribution in [0, 0.1) is 0 Å². The van der Waals surface area contributed by atoms with E-state index in [4.69, 9.17) is 4.74 Å². The van der Waals surface area contributed by atoms with E-state index in [-0.39, 0.29) is 5.75 Å². The molecular weight excluding hydrogens is 224 g/mol. The number of phenolic OH excluding ortho intramolecular Hbond substituents is 1. The van der Waals surface area contributed by atoms with Gasteiger partial charge in [-0.15, -0.1) is 0 Å². The van der Waals surface area contributed by atoms with Crippen LogP contribution in [0.1, 0.15) is 0 Å². The Morgan fingerprint density at radius 1 is 0.722 bits per heavy atom. The number of hydrogen-bond acceptors (Lipinski definition) is 2. The average Bonchev–Trinajstić information content (AvgIpc) is 2.40. The van der Waals surface area contributed by atoms with Gasteiger partial charge in [0, 0.05) is 11.5 Å². The first-order valence-electron chi connectivity index (χ1n) is 5.77. The Labute approximate surface area is 105 Å². The number of rotatable bonds is 2. The minimum absolute atomic E-state index is 0.235. The highest BCUT2D eigenvalue weighted by molar-refractivity contribution is 5.89. The van der Waals surface area contributed by atoms with Gasteiger partial charge in [-0.05, 0) is 23.6 Å². The molecule has 0 bridgehead atoms. The van der Waals surface area contributed by atoms with Crippen molar-refractivity contribution >= 4 is 10.8 Å². The number of benzene rings is 3. The molecule has 0 radical (unpaired) electrons. The largest absolute Gasteiger partial charge is 0.507 e. The Kier molecular flexibility index (Phi) is 2.61. The molecule has 0 unspecified atom stereocenters. The normalized spacial score (nSPS) is 10.4. The first kappa shape index (κ1) is 10.7. The van der Waals surface area contributed by atoms with Crippen molar-refractivity contribution < 1.29 is 9.84 Å². The van der Waals surface area contributed by atoms with Crippen LogP contribution >= 0.6 is 0 Å². The highest BCUT2D eigenvalue weighted by Gasteiger charge is 2.04. The number of hydrogen-bond donors (Lipinski definition) is 1. The van der Waals surface area contributed by atoms with E-state index in [1.165, 1.54) is 0 Å². The minimum Gasteiger partial charge on any atom is -0.507 e. The molecule has 0 spiro atoms. The van der Waals surface area contributed by atoms with Gasteiger partial charge < -0.3 is 9.84 Å². The molecule has 0 aliphatic rings. The van der Waals surface area contributed by atoms with Crippen LogP contribution in [0.2, 0.25) is 0 Å². The molecule has 0 aliphatic carbocycles. The summed E-state index contributed by atoms with van der Waals surface area (Å²) in [5, 5.41) is 11.7. The van der Waals surface area contributed by atoms with Crippen molar-refractivity contribution in [3.63, 3.8) is 0 Å². The topological polar surface area (TPSA) is 29.5 Å². The summed E-state index contributed by atoms with van der Waals surface area (Å²) >= 11 is 0. The zero-order valence-electron chi connectivity index (χ0n) is 9.71. The van der Waals surface area contributed by atoms with Crippen molar-refractivity contribution in [3.05, 3.63) is 66.7 Å². The molecule has 3 aromatic carbocycles. The summed E-state index contributed by atoms with van der Waals surface area (Å²) in [5.41, 5.74) is 0. The molecule has 0 aliphatic heterocycles. The Morgan fingerprint density at radius 3 is 2.28 bits per heavy atom. The fourth-order valence-electron chi connectivity index (χ4n) is 1.95. The third-order valence-corrected chi connectivity index (χ3v) is 2.79. The maximum absolute atomic E-state index is 9.95. The van der Waals surface area contributed by atoms with Crippen molar-refractivity contribution in [1.82, 2.24) is 0 Å². The fourth-order valence-corrected chi connectivity index (χ4v) is 1.95. The van der Waals surface area contributed by atoms with E-state index in [9.17, 15) is 5.11 Å². The van der Waals surface area contributed by atoms with E-state index in [1.807, 2.05) is 60.7 Å². The summed E-state index contributed by atoms with van der Waals surface area (Å²) in [6.07, 6.45) is 0. The predicted octanol–water partition coefficient (Wildman–Crippen LogP) is 4.34. The van der Waals surface area contributed by atoms with E-state index in [2.05, 4.69) is 0 Å². The van der Waals surface area contributed by atoms with Gasteiger partial charge in [0.05, 0.1) is 0 Å². The minimum atomic E-state index is 0.235. The van der Waals surface area contributed by atoms with Crippen molar-refractivity contribution in [2.75, 3.05) is 0 Å². The van der Waals surface area contributed by atoms with Gasteiger partial charge in [-0.25, -0.2) is 0 Å². The van der Waals surface area contributed by atoms with Crippen LogP contribution in [0.3, 0.4) is 0 Å². The SMILES string of the molecule is Oc1cc(Oc2ccccc2)cc2ccccc12. The molecule has 3 rings (SSSR count). The van der Waals surface area contributed by atoms with Crippen LogP contribution in [0.5, 0.6) is 17.2 Å². The van der Waals surface area contributed by atoms with Crippen LogP contribution in [0.15, 0.2) is 66.7 Å². The first-order valence-corrected chi connectivity index (χ1v) is 5.77. The number of phenols is 1. The Bertz CT molecular complexity index is 675. The summed E-state index contributed by atoms with van der Waals surface area (Å²) in [7, 11) is 0. The van der Waals surface area contributed by atoms with Crippen molar-refractivity contribution in [3.8, 4) is 17.2 Å². The lowest BCUT2D eigenvalue weighted by molar-refractivity contribution is 0.460. The monoisotopic (exact) mass is 236 g/mol. The summed E-state index contributed by atoms with van der Waals surface area (Å²) in [4.78, 5) is 0. The predicted molar refractivity (Wildman–Crippen MR) is 72.1 cm³/mol. The standard InChI is InChI=1S/C16H12O2/c17-16-11-14(18-13-7-2-1-3-8-13)10-12-6-4-5-9-15(12)16/h1-11,17H. The molecule has 88 valence electrons. The van der Waals surface area contributed by atoms with Gasteiger partial charge >= 0.3 is 0 Å². The lowest BCUT2D eigenvalue weighted by Gasteiger charge is -2.08. The van der Waals surface area contributed by atoms with Crippen LogP contribution in [0.25, 0.3) is 10.8 Å². The zero-order valence-corrected chi connectivity index (χ0v) is 9.71. The summed E-state index contributed by atoms with van der Waals surface area (Å²) in [5.74, 6) is 1.63. The Balaban J connectivity index is 2.03. The molecular formula is C16H12O2. The van der Waals surface area contributed by atoms with E-state index >= 15 is 0 Å². The van der Waals surface area contributed by atoms with Gasteiger partial charge in [-0.2, -0.15) is 0 Å². The van der Waals surface area contributed by atoms with E-state index in [0.29, 0.717) is 5.75 Å². The Hall–Kier alpha value is -2.48. The molecule has 0 fully saturated rings. The highest BCUT2D eigenvalue weighted by atomic mass is 16.5. The van der Waals surface area contributed by atoms with Gasteiger partial charge in [0.25, 0.3) is 0 Å². The number of ether oxygens (including phenoxy) is 1. The fraction of sp³-hybridized carbons (Fsp3) is 0. The van der Waals surface area contributed by atoms with Crippen LogP contribution < -0.4 is 4.74 Å². The highest BCUT2D eigenvalue weighted by Crippen LogP contribution is 2.32. The van der Waals surface area contributed by atoms with Gasteiger partial charge in [0.1, 0.15) is 17.2 Å². The number of fused-ring (bicyclic) bond motifs is 1. The van der Waals surface area contributed by atoms with Gasteiger partial charge in [0.15, 0.2) is 0 Å². The van der Waals surface area contributed by atoms with E-state index in [0.717, 1.165) is 16.5 Å². The van der Waals surface area contributed by atoms with Crippen molar-refractivity contribution in [2.24, 2.45) is 0 Å². The molecule has 0 saturated heterocycles. The summed E-state index contributed by atoms with van der Waals surface area (Å²) in [6.45, 7) is 0. The zero-order chi connectivity index (χ0) is 12.4. The van der Waals surface area contributed by atoms with Gasteiger partial charge in [0.2, 0.25) is 0 Å². The Morgan fingerprint density at radius 2 is 1.44 bits per heavy atom. The van der Waals surface area contributed by atoms with Crippen LogP contribution in [-0.2, 0) is 0 Å². The van der Waals surface area contributed by atoms with Gasteiger partial charge in [-0.3, -0.25) is 0 Å². The van der Waals surface area contributed by atoms with Gasteiger partial charge in [-0.1, -0.05) is 42.5 Å². The maximum atomic E-state index is 9.95. The third kappa shape index (κ3) is 2.00. The third-order valence-electron chi connectivity index (χ3n) is 2.79. The lowest BCUT2D eigenvalue weighted by atomic mass is 10.1. The van der Waals surface area contributed by atoms with E-state index in [1.54, 1.807) is 6.07 Å². The molecule has 3 aromatic rings. The summed E-state index contributed by atoms with van der Waals surface area (Å²) in [6, 6.07) is 20.8. The number of para-hydroxylation sites is 1. The van der Waals surface area contributed by atoms with Crippen molar-refractivity contribution in [2.45, 2.75) is 0 Å². The van der Waals surface area contributed by atoms with Crippen LogP contribution in [0.4, 0.5) is 0 Å². The molecule has 0 saturated carbocycles. The molecule has 2 heteroatoms. The van der Waals surface area contributed by atoms with Crippen molar-refractivity contribution in [1.29, 1.82) is 0 Å². The molecule has 0 atom stereocenters. The molecule has 0 amide bonds. The average molecular weight is 236 g/mol. The molecule has 18 heavy (non-hydrogen) atoms. The molecule has 0 aromatic heterocycles.